The highest BCUT2D eigenvalue weighted by atomic mass is 35.5. The predicted molar refractivity (Wildman–Crippen MR) is 71.1 cm³/mol. The van der Waals surface area contributed by atoms with Crippen LogP contribution in [0, 0.1) is 5.92 Å². The van der Waals surface area contributed by atoms with Crippen molar-refractivity contribution in [3.05, 3.63) is 18.3 Å². The molecular weight excluding hydrogens is 236 g/mol. The van der Waals surface area contributed by atoms with Crippen molar-refractivity contribution < 1.29 is 4.74 Å². The SMILES string of the molecule is COc1cccnc1N1CCCC(CCCl)C1. The zero-order chi connectivity index (χ0) is 12.1. The Labute approximate surface area is 108 Å². The summed E-state index contributed by atoms with van der Waals surface area (Å²) >= 11 is 5.83. The van der Waals surface area contributed by atoms with Gasteiger partial charge < -0.3 is 9.64 Å². The number of hydrogen-bond donors (Lipinski definition) is 0. The molecule has 0 spiro atoms. The van der Waals surface area contributed by atoms with Crippen molar-refractivity contribution >= 4 is 17.4 Å². The van der Waals surface area contributed by atoms with Gasteiger partial charge in [0.2, 0.25) is 0 Å². The topological polar surface area (TPSA) is 25.4 Å². The van der Waals surface area contributed by atoms with E-state index in [4.69, 9.17) is 16.3 Å². The molecule has 0 amide bonds. The summed E-state index contributed by atoms with van der Waals surface area (Å²) in [6, 6.07) is 3.87. The molecule has 1 unspecified atom stereocenters. The second-order valence-corrected chi connectivity index (χ2v) is 4.84. The largest absolute Gasteiger partial charge is 0.493 e. The number of nitrogens with zero attached hydrogens (tertiary/aromatic N) is 2. The number of anilines is 1. The number of rotatable bonds is 4. The van der Waals surface area contributed by atoms with Crippen molar-refractivity contribution in [2.24, 2.45) is 5.92 Å². The molecule has 2 rings (SSSR count). The van der Waals surface area contributed by atoms with Crippen LogP contribution in [0.2, 0.25) is 0 Å². The van der Waals surface area contributed by atoms with E-state index in [0.717, 1.165) is 37.0 Å². The lowest BCUT2D eigenvalue weighted by Crippen LogP contribution is -2.36. The van der Waals surface area contributed by atoms with Crippen LogP contribution in [0.5, 0.6) is 5.75 Å². The number of piperidine rings is 1. The van der Waals surface area contributed by atoms with Crippen molar-refractivity contribution in [3.8, 4) is 5.75 Å². The second kappa shape index (κ2) is 6.10. The molecule has 2 heterocycles. The summed E-state index contributed by atoms with van der Waals surface area (Å²) in [6.07, 6.45) is 5.40. The van der Waals surface area contributed by atoms with E-state index in [1.54, 1.807) is 7.11 Å². The number of aromatic nitrogens is 1. The van der Waals surface area contributed by atoms with Gasteiger partial charge >= 0.3 is 0 Å². The molecule has 1 saturated heterocycles. The lowest BCUT2D eigenvalue weighted by Gasteiger charge is -2.33. The Morgan fingerprint density at radius 3 is 3.24 bits per heavy atom. The Kier molecular flexibility index (Phi) is 4.49. The highest BCUT2D eigenvalue weighted by Crippen LogP contribution is 2.30. The molecule has 17 heavy (non-hydrogen) atoms. The molecule has 94 valence electrons. The van der Waals surface area contributed by atoms with Gasteiger partial charge in [-0.15, -0.1) is 11.6 Å². The van der Waals surface area contributed by atoms with Gasteiger partial charge in [0.15, 0.2) is 11.6 Å². The molecule has 1 aromatic heterocycles. The van der Waals surface area contributed by atoms with Crippen LogP contribution in [-0.4, -0.2) is 31.1 Å². The summed E-state index contributed by atoms with van der Waals surface area (Å²) in [4.78, 5) is 6.75. The van der Waals surface area contributed by atoms with Gasteiger partial charge in [0.25, 0.3) is 0 Å². The quantitative estimate of drug-likeness (QED) is 0.773. The Bertz CT molecular complexity index is 357. The van der Waals surface area contributed by atoms with Gasteiger partial charge in [-0.1, -0.05) is 0 Å². The molecule has 1 atom stereocenters. The minimum absolute atomic E-state index is 0.688. The normalized spacial score (nSPS) is 20.4. The van der Waals surface area contributed by atoms with E-state index < -0.39 is 0 Å². The van der Waals surface area contributed by atoms with Crippen molar-refractivity contribution in [2.75, 3.05) is 31.0 Å². The minimum atomic E-state index is 0.688. The van der Waals surface area contributed by atoms with Gasteiger partial charge in [0, 0.05) is 25.2 Å². The zero-order valence-electron chi connectivity index (χ0n) is 10.2. The summed E-state index contributed by atoms with van der Waals surface area (Å²) < 4.78 is 5.36. The van der Waals surface area contributed by atoms with Crippen LogP contribution in [0.25, 0.3) is 0 Å². The van der Waals surface area contributed by atoms with Gasteiger partial charge in [-0.05, 0) is 37.3 Å². The maximum atomic E-state index is 5.83. The molecule has 0 aliphatic carbocycles. The monoisotopic (exact) mass is 254 g/mol. The third kappa shape index (κ3) is 3.03. The number of alkyl halides is 1. The van der Waals surface area contributed by atoms with Crippen molar-refractivity contribution in [3.63, 3.8) is 0 Å². The van der Waals surface area contributed by atoms with Crippen molar-refractivity contribution in [1.29, 1.82) is 0 Å². The third-order valence-corrected chi connectivity index (χ3v) is 3.52. The molecule has 0 saturated carbocycles. The maximum absolute atomic E-state index is 5.83. The first-order chi connectivity index (χ1) is 8.35. The summed E-state index contributed by atoms with van der Waals surface area (Å²) in [7, 11) is 1.70. The van der Waals surface area contributed by atoms with E-state index in [9.17, 15) is 0 Å². The molecule has 1 aliphatic heterocycles. The van der Waals surface area contributed by atoms with Gasteiger partial charge in [-0.3, -0.25) is 0 Å². The average Bonchev–Trinajstić information content (AvgIpc) is 2.39. The van der Waals surface area contributed by atoms with E-state index in [2.05, 4.69) is 9.88 Å². The highest BCUT2D eigenvalue weighted by Gasteiger charge is 2.22. The number of ether oxygens (including phenoxy) is 1. The van der Waals surface area contributed by atoms with E-state index in [1.165, 1.54) is 12.8 Å². The van der Waals surface area contributed by atoms with Gasteiger partial charge in [-0.2, -0.15) is 0 Å². The molecule has 4 heteroatoms. The molecule has 1 fully saturated rings. The maximum Gasteiger partial charge on any atom is 0.171 e. The van der Waals surface area contributed by atoms with E-state index in [1.807, 2.05) is 18.3 Å². The Hall–Kier alpha value is -0.960. The van der Waals surface area contributed by atoms with E-state index >= 15 is 0 Å². The van der Waals surface area contributed by atoms with Crippen LogP contribution < -0.4 is 9.64 Å². The van der Waals surface area contributed by atoms with Crippen LogP contribution in [0.3, 0.4) is 0 Å². The van der Waals surface area contributed by atoms with Crippen molar-refractivity contribution in [2.45, 2.75) is 19.3 Å². The number of methoxy groups -OCH3 is 1. The first kappa shape index (κ1) is 12.5. The number of halogens is 1. The van der Waals surface area contributed by atoms with Crippen molar-refractivity contribution in [1.82, 2.24) is 4.98 Å². The zero-order valence-corrected chi connectivity index (χ0v) is 11.0. The van der Waals surface area contributed by atoms with Gasteiger partial charge in [0.05, 0.1) is 7.11 Å². The minimum Gasteiger partial charge on any atom is -0.493 e. The molecule has 0 N–H and O–H groups in total. The van der Waals surface area contributed by atoms with Crippen LogP contribution in [-0.2, 0) is 0 Å². The highest BCUT2D eigenvalue weighted by molar-refractivity contribution is 6.17. The molecule has 0 radical (unpaired) electrons. The smallest absolute Gasteiger partial charge is 0.171 e. The fraction of sp³-hybridized carbons (Fsp3) is 0.615. The van der Waals surface area contributed by atoms with Crippen LogP contribution in [0.4, 0.5) is 5.82 Å². The molecule has 1 aliphatic rings. The fourth-order valence-electron chi connectivity index (χ4n) is 2.43. The molecule has 0 bridgehead atoms. The van der Waals surface area contributed by atoms with Gasteiger partial charge in [0.1, 0.15) is 0 Å². The molecule has 1 aromatic rings. The third-order valence-electron chi connectivity index (χ3n) is 3.31. The predicted octanol–water partition coefficient (Wildman–Crippen LogP) is 2.94. The lowest BCUT2D eigenvalue weighted by atomic mass is 9.95. The first-order valence-electron chi connectivity index (χ1n) is 6.15. The molecular formula is C13H19ClN2O. The average molecular weight is 255 g/mol. The lowest BCUT2D eigenvalue weighted by molar-refractivity contribution is 0.387. The van der Waals surface area contributed by atoms with Crippen LogP contribution >= 0.6 is 11.6 Å². The second-order valence-electron chi connectivity index (χ2n) is 4.46. The standard InChI is InChI=1S/C13H19ClN2O/c1-17-12-5-2-8-15-13(12)16-9-3-4-11(10-16)6-7-14/h2,5,8,11H,3-4,6-7,9-10H2,1H3. The fourth-order valence-corrected chi connectivity index (χ4v) is 2.74. The Balaban J connectivity index is 2.10. The number of pyridine rings is 1. The van der Waals surface area contributed by atoms with Crippen LogP contribution in [0.1, 0.15) is 19.3 Å². The summed E-state index contributed by atoms with van der Waals surface area (Å²) in [6.45, 7) is 2.10. The van der Waals surface area contributed by atoms with Crippen LogP contribution in [0.15, 0.2) is 18.3 Å². The Morgan fingerprint density at radius 2 is 2.47 bits per heavy atom. The van der Waals surface area contributed by atoms with Gasteiger partial charge in [-0.25, -0.2) is 4.98 Å². The summed E-state index contributed by atoms with van der Waals surface area (Å²) in [5.41, 5.74) is 0. The van der Waals surface area contributed by atoms with E-state index in [0.29, 0.717) is 5.92 Å². The first-order valence-corrected chi connectivity index (χ1v) is 6.68. The summed E-state index contributed by atoms with van der Waals surface area (Å²) in [5.74, 6) is 3.26. The van der Waals surface area contributed by atoms with E-state index in [-0.39, 0.29) is 0 Å². The molecule has 0 aromatic carbocycles. The summed E-state index contributed by atoms with van der Waals surface area (Å²) in [5, 5.41) is 0. The molecule has 3 nitrogen and oxygen atoms in total. The number of hydrogen-bond acceptors (Lipinski definition) is 3. The Morgan fingerprint density at radius 1 is 1.59 bits per heavy atom.